The number of urea groups is 1. The van der Waals surface area contributed by atoms with Crippen LogP contribution in [0.5, 0.6) is 0 Å². The number of hydrogen-bond donors (Lipinski definition) is 1. The molecule has 8 heteroatoms. The van der Waals surface area contributed by atoms with E-state index in [0.717, 1.165) is 64.5 Å². The third-order valence-electron chi connectivity index (χ3n) is 5.63. The third-order valence-corrected chi connectivity index (χ3v) is 5.63. The van der Waals surface area contributed by atoms with Gasteiger partial charge in [-0.05, 0) is 43.2 Å². The van der Waals surface area contributed by atoms with Crippen molar-refractivity contribution in [1.82, 2.24) is 15.4 Å². The van der Waals surface area contributed by atoms with E-state index in [9.17, 15) is 9.59 Å². The lowest BCUT2D eigenvalue weighted by atomic mass is 9.92. The highest BCUT2D eigenvalue weighted by molar-refractivity contribution is 5.83. The van der Waals surface area contributed by atoms with Crippen molar-refractivity contribution in [3.63, 3.8) is 0 Å². The minimum atomic E-state index is -0.668. The van der Waals surface area contributed by atoms with Gasteiger partial charge in [-0.2, -0.15) is 5.11 Å². The van der Waals surface area contributed by atoms with Crippen LogP contribution in [0, 0.1) is 5.92 Å². The average molecular weight is 380 g/mol. The van der Waals surface area contributed by atoms with Crippen LogP contribution >= 0.6 is 0 Å². The van der Waals surface area contributed by atoms with Gasteiger partial charge in [0.15, 0.2) is 0 Å². The molecule has 0 aromatic rings. The highest BCUT2D eigenvalue weighted by atomic mass is 16.7. The molecule has 3 atom stereocenters. The molecular weight excluding hydrogens is 346 g/mol. The molecule has 0 aromatic carbocycles. The molecule has 8 nitrogen and oxygen atoms in total. The van der Waals surface area contributed by atoms with Crippen LogP contribution in [0.4, 0.5) is 4.79 Å². The van der Waals surface area contributed by atoms with Crippen LogP contribution in [-0.2, 0) is 9.63 Å². The lowest BCUT2D eigenvalue weighted by Gasteiger charge is -2.29. The molecule has 1 saturated heterocycles. The van der Waals surface area contributed by atoms with Crippen molar-refractivity contribution in [1.29, 1.82) is 0 Å². The Morgan fingerprint density at radius 1 is 1.07 bits per heavy atom. The third kappa shape index (κ3) is 5.32. The Morgan fingerprint density at radius 2 is 1.78 bits per heavy atom. The van der Waals surface area contributed by atoms with Gasteiger partial charge in [0.2, 0.25) is 0 Å². The summed E-state index contributed by atoms with van der Waals surface area (Å²) in [6.45, 7) is 5.56. The van der Waals surface area contributed by atoms with Gasteiger partial charge in [-0.25, -0.2) is 9.59 Å². The number of hydrogen-bond acceptors (Lipinski definition) is 6. The first kappa shape index (κ1) is 19.9. The van der Waals surface area contributed by atoms with Crippen molar-refractivity contribution in [3.8, 4) is 0 Å². The highest BCUT2D eigenvalue weighted by Crippen LogP contribution is 2.31. The molecular formula is C19H33N5O3. The number of fused-ring (bicyclic) bond motifs is 1. The van der Waals surface area contributed by atoms with Gasteiger partial charge < -0.3 is 15.1 Å². The van der Waals surface area contributed by atoms with Crippen LogP contribution in [0.25, 0.3) is 0 Å². The van der Waals surface area contributed by atoms with Gasteiger partial charge in [0, 0.05) is 13.1 Å². The van der Waals surface area contributed by atoms with E-state index >= 15 is 0 Å². The standard InChI is InChI=1S/C19H33N5O3/c1-14(2)13-16(20-19(26)23-11-7-3-4-8-12-23)18(25)27-24-17-10-6-5-9-15(17)21-22-24/h14-17H,3-13H2,1-2H3,(H,20,26). The van der Waals surface area contributed by atoms with Crippen molar-refractivity contribution >= 4 is 12.0 Å². The van der Waals surface area contributed by atoms with Crippen LogP contribution in [0.1, 0.15) is 71.6 Å². The number of hydroxylamine groups is 1. The topological polar surface area (TPSA) is 86.6 Å². The Morgan fingerprint density at radius 3 is 2.48 bits per heavy atom. The second-order valence-corrected chi connectivity index (χ2v) is 8.37. The fourth-order valence-electron chi connectivity index (χ4n) is 4.11. The van der Waals surface area contributed by atoms with E-state index in [4.69, 9.17) is 4.84 Å². The Kier molecular flexibility index (Phi) is 6.90. The van der Waals surface area contributed by atoms with Crippen LogP contribution < -0.4 is 5.32 Å². The molecule has 0 radical (unpaired) electrons. The number of nitrogens with zero attached hydrogens (tertiary/aromatic N) is 4. The van der Waals surface area contributed by atoms with Gasteiger partial charge in [0.1, 0.15) is 12.1 Å². The SMILES string of the molecule is CC(C)CC(NC(=O)N1CCCCCC1)C(=O)ON1N=NC2CCCCC21. The molecule has 2 heterocycles. The number of nitrogens with one attached hydrogen (secondary N) is 1. The predicted molar refractivity (Wildman–Crippen MR) is 101 cm³/mol. The summed E-state index contributed by atoms with van der Waals surface area (Å²) in [6.07, 6.45) is 9.05. The molecule has 0 aromatic heterocycles. The molecule has 2 fully saturated rings. The van der Waals surface area contributed by atoms with Gasteiger partial charge >= 0.3 is 12.0 Å². The quantitative estimate of drug-likeness (QED) is 0.793. The number of likely N-dealkylation sites (tertiary alicyclic amines) is 1. The summed E-state index contributed by atoms with van der Waals surface area (Å²) in [5.41, 5.74) is 0. The molecule has 0 spiro atoms. The maximum atomic E-state index is 12.8. The molecule has 2 aliphatic heterocycles. The van der Waals surface area contributed by atoms with Gasteiger partial charge in [0.05, 0.1) is 6.04 Å². The maximum absolute atomic E-state index is 12.8. The summed E-state index contributed by atoms with van der Waals surface area (Å²) in [5.74, 6) is -0.188. The van der Waals surface area contributed by atoms with Crippen LogP contribution in [0.3, 0.4) is 0 Å². The molecule has 3 unspecified atom stereocenters. The van der Waals surface area contributed by atoms with E-state index in [1.54, 1.807) is 0 Å². The Hall–Kier alpha value is -1.86. The zero-order chi connectivity index (χ0) is 19.2. The first-order valence-corrected chi connectivity index (χ1v) is 10.5. The summed E-state index contributed by atoms with van der Waals surface area (Å²) < 4.78 is 0. The van der Waals surface area contributed by atoms with Crippen molar-refractivity contribution in [3.05, 3.63) is 0 Å². The zero-order valence-corrected chi connectivity index (χ0v) is 16.6. The lowest BCUT2D eigenvalue weighted by Crippen LogP contribution is -2.50. The largest absolute Gasteiger partial charge is 0.356 e. The molecule has 2 amide bonds. The Labute approximate surface area is 161 Å². The first-order chi connectivity index (χ1) is 13.0. The number of carbonyl (C=O) groups is 2. The van der Waals surface area contributed by atoms with Crippen LogP contribution in [0.2, 0.25) is 0 Å². The maximum Gasteiger partial charge on any atom is 0.356 e. The first-order valence-electron chi connectivity index (χ1n) is 10.5. The fraction of sp³-hybridized carbons (Fsp3) is 0.895. The summed E-state index contributed by atoms with van der Waals surface area (Å²) in [7, 11) is 0. The molecule has 27 heavy (non-hydrogen) atoms. The minimum Gasteiger partial charge on any atom is -0.325 e. The second kappa shape index (κ2) is 9.37. The Bertz CT molecular complexity index is 545. The zero-order valence-electron chi connectivity index (χ0n) is 16.6. The van der Waals surface area contributed by atoms with Crippen molar-refractivity contribution in [2.75, 3.05) is 13.1 Å². The predicted octanol–water partition coefficient (Wildman–Crippen LogP) is 3.44. The summed E-state index contributed by atoms with van der Waals surface area (Å²) in [5, 5.41) is 12.6. The molecule has 1 aliphatic carbocycles. The normalized spacial score (nSPS) is 26.5. The van der Waals surface area contributed by atoms with Gasteiger partial charge in [0.25, 0.3) is 0 Å². The summed E-state index contributed by atoms with van der Waals surface area (Å²) in [6, 6.07) is -0.665. The van der Waals surface area contributed by atoms with E-state index in [1.807, 2.05) is 18.7 Å². The Balaban J connectivity index is 1.58. The van der Waals surface area contributed by atoms with Gasteiger partial charge in [-0.1, -0.05) is 44.7 Å². The molecule has 3 rings (SSSR count). The van der Waals surface area contributed by atoms with E-state index < -0.39 is 12.0 Å². The number of amides is 2. The average Bonchev–Trinajstić information content (AvgIpc) is 2.86. The highest BCUT2D eigenvalue weighted by Gasteiger charge is 2.38. The monoisotopic (exact) mass is 379 g/mol. The minimum absolute atomic E-state index is 0.0451. The number of carbonyl (C=O) groups excluding carboxylic acids is 2. The van der Waals surface area contributed by atoms with Gasteiger partial charge in [-0.15, -0.1) is 0 Å². The van der Waals surface area contributed by atoms with E-state index in [1.165, 1.54) is 5.17 Å². The lowest BCUT2D eigenvalue weighted by molar-refractivity contribution is -0.204. The van der Waals surface area contributed by atoms with E-state index in [2.05, 4.69) is 15.7 Å². The second-order valence-electron chi connectivity index (χ2n) is 8.37. The summed E-state index contributed by atoms with van der Waals surface area (Å²) >= 11 is 0. The van der Waals surface area contributed by atoms with E-state index in [0.29, 0.717) is 6.42 Å². The number of rotatable bonds is 5. The van der Waals surface area contributed by atoms with E-state index in [-0.39, 0.29) is 24.0 Å². The van der Waals surface area contributed by atoms with Crippen molar-refractivity contribution in [2.24, 2.45) is 16.3 Å². The molecule has 0 bridgehead atoms. The molecule has 152 valence electrons. The summed E-state index contributed by atoms with van der Waals surface area (Å²) in [4.78, 5) is 32.8. The molecule has 1 saturated carbocycles. The van der Waals surface area contributed by atoms with Crippen molar-refractivity contribution in [2.45, 2.75) is 89.8 Å². The van der Waals surface area contributed by atoms with Crippen LogP contribution in [-0.4, -0.2) is 53.3 Å². The molecule has 1 N–H and O–H groups in total. The van der Waals surface area contributed by atoms with Crippen LogP contribution in [0.15, 0.2) is 10.3 Å². The molecule has 3 aliphatic rings. The van der Waals surface area contributed by atoms with Crippen molar-refractivity contribution < 1.29 is 14.4 Å². The van der Waals surface area contributed by atoms with Gasteiger partial charge in [-0.3, -0.25) is 0 Å². The fourth-order valence-corrected chi connectivity index (χ4v) is 4.11. The smallest absolute Gasteiger partial charge is 0.325 e.